The zero-order valence-corrected chi connectivity index (χ0v) is 11.9. The van der Waals surface area contributed by atoms with Gasteiger partial charge in [0.2, 0.25) is 0 Å². The first-order chi connectivity index (χ1) is 7.81. The molecule has 0 heterocycles. The van der Waals surface area contributed by atoms with Gasteiger partial charge in [0.05, 0.1) is 5.54 Å². The maximum absolute atomic E-state index is 12.4. The monoisotopic (exact) mass is 253 g/mol. The first-order valence-electron chi connectivity index (χ1n) is 5.71. The molecule has 0 radical (unpaired) electrons. The summed E-state index contributed by atoms with van der Waals surface area (Å²) >= 11 is 5.90. The van der Waals surface area contributed by atoms with Crippen LogP contribution in [0.2, 0.25) is 0 Å². The van der Waals surface area contributed by atoms with Crippen molar-refractivity contribution in [2.45, 2.75) is 33.2 Å². The molecule has 0 atom stereocenters. The molecule has 0 saturated heterocycles. The second-order valence-corrected chi connectivity index (χ2v) is 5.32. The Morgan fingerprint density at radius 3 is 2.47 bits per heavy atom. The van der Waals surface area contributed by atoms with Gasteiger partial charge in [0.15, 0.2) is 0 Å². The van der Waals surface area contributed by atoms with E-state index in [1.807, 2.05) is 45.9 Å². The van der Waals surface area contributed by atoms with Gasteiger partial charge in [-0.1, -0.05) is 12.1 Å². The summed E-state index contributed by atoms with van der Waals surface area (Å²) in [6.07, 6.45) is 0. The first kappa shape index (κ1) is 14.0. The van der Waals surface area contributed by atoms with E-state index in [1.54, 1.807) is 11.9 Å². The van der Waals surface area contributed by atoms with E-state index in [2.05, 4.69) is 0 Å². The Morgan fingerprint density at radius 1 is 1.35 bits per heavy atom. The molecule has 1 rings (SSSR count). The SMILES string of the molecule is Cc1cccc(C(=O)N(C)C(C)(C)CCl)c1C. The molecule has 0 aliphatic rings. The van der Waals surface area contributed by atoms with Crippen LogP contribution >= 0.6 is 11.6 Å². The van der Waals surface area contributed by atoms with Crippen LogP contribution in [0.15, 0.2) is 18.2 Å². The van der Waals surface area contributed by atoms with E-state index in [4.69, 9.17) is 11.6 Å². The molecule has 0 fully saturated rings. The summed E-state index contributed by atoms with van der Waals surface area (Å²) in [6.45, 7) is 7.91. The number of amides is 1. The third-order valence-electron chi connectivity index (χ3n) is 3.37. The van der Waals surface area contributed by atoms with Crippen molar-refractivity contribution in [3.8, 4) is 0 Å². The maximum Gasteiger partial charge on any atom is 0.254 e. The van der Waals surface area contributed by atoms with E-state index in [-0.39, 0.29) is 11.4 Å². The van der Waals surface area contributed by atoms with Crippen molar-refractivity contribution in [2.75, 3.05) is 12.9 Å². The fourth-order valence-electron chi connectivity index (χ4n) is 1.53. The lowest BCUT2D eigenvalue weighted by Gasteiger charge is -2.34. The summed E-state index contributed by atoms with van der Waals surface area (Å²) < 4.78 is 0. The van der Waals surface area contributed by atoms with E-state index >= 15 is 0 Å². The van der Waals surface area contributed by atoms with E-state index in [0.717, 1.165) is 16.7 Å². The summed E-state index contributed by atoms with van der Waals surface area (Å²) in [7, 11) is 1.80. The number of carbonyl (C=O) groups is 1. The summed E-state index contributed by atoms with van der Waals surface area (Å²) in [5.74, 6) is 0.442. The number of hydrogen-bond acceptors (Lipinski definition) is 1. The average molecular weight is 254 g/mol. The molecule has 17 heavy (non-hydrogen) atoms. The van der Waals surface area contributed by atoms with E-state index in [1.165, 1.54) is 0 Å². The summed E-state index contributed by atoms with van der Waals surface area (Å²) in [4.78, 5) is 14.1. The number of nitrogens with zero attached hydrogens (tertiary/aromatic N) is 1. The quantitative estimate of drug-likeness (QED) is 0.757. The molecule has 0 unspecified atom stereocenters. The Labute approximate surface area is 109 Å². The highest BCUT2D eigenvalue weighted by Gasteiger charge is 2.28. The van der Waals surface area contributed by atoms with Crippen molar-refractivity contribution >= 4 is 17.5 Å². The van der Waals surface area contributed by atoms with Crippen molar-refractivity contribution in [2.24, 2.45) is 0 Å². The zero-order valence-electron chi connectivity index (χ0n) is 11.2. The van der Waals surface area contributed by atoms with E-state index in [9.17, 15) is 4.79 Å². The number of alkyl halides is 1. The van der Waals surface area contributed by atoms with Gasteiger partial charge in [-0.15, -0.1) is 11.6 Å². The molecule has 94 valence electrons. The second-order valence-electron chi connectivity index (χ2n) is 5.06. The minimum absolute atomic E-state index is 0.0249. The zero-order chi connectivity index (χ0) is 13.2. The highest BCUT2D eigenvalue weighted by Crippen LogP contribution is 2.20. The number of aryl methyl sites for hydroxylation is 1. The Balaban J connectivity index is 3.09. The molecule has 1 aromatic rings. The molecule has 0 bridgehead atoms. The van der Waals surface area contributed by atoms with Gasteiger partial charge in [-0.2, -0.15) is 0 Å². The van der Waals surface area contributed by atoms with Crippen molar-refractivity contribution in [3.05, 3.63) is 34.9 Å². The van der Waals surface area contributed by atoms with Gasteiger partial charge in [0, 0.05) is 18.5 Å². The molecular formula is C14H20ClNO. The molecule has 2 nitrogen and oxygen atoms in total. The standard InChI is InChI=1S/C14H20ClNO/c1-10-7-6-8-12(11(10)2)13(17)16(5)14(3,4)9-15/h6-8H,9H2,1-5H3. The molecule has 0 spiro atoms. The van der Waals surface area contributed by atoms with Crippen molar-refractivity contribution in [3.63, 3.8) is 0 Å². The highest BCUT2D eigenvalue weighted by atomic mass is 35.5. The summed E-state index contributed by atoms with van der Waals surface area (Å²) in [5, 5.41) is 0. The molecule has 0 aliphatic carbocycles. The van der Waals surface area contributed by atoms with Crippen LogP contribution < -0.4 is 0 Å². The van der Waals surface area contributed by atoms with Gasteiger partial charge in [0.25, 0.3) is 5.91 Å². The van der Waals surface area contributed by atoms with E-state index < -0.39 is 0 Å². The number of carbonyl (C=O) groups excluding carboxylic acids is 1. The summed E-state index contributed by atoms with van der Waals surface area (Å²) in [5.41, 5.74) is 2.59. The van der Waals surface area contributed by atoms with Crippen LogP contribution in [-0.2, 0) is 0 Å². The van der Waals surface area contributed by atoms with Crippen LogP contribution in [0.3, 0.4) is 0 Å². The normalized spacial score (nSPS) is 11.4. The fraction of sp³-hybridized carbons (Fsp3) is 0.500. The fourth-order valence-corrected chi connectivity index (χ4v) is 1.71. The van der Waals surface area contributed by atoms with Crippen LogP contribution in [0.4, 0.5) is 0 Å². The lowest BCUT2D eigenvalue weighted by molar-refractivity contribution is 0.0659. The molecule has 0 aliphatic heterocycles. The lowest BCUT2D eigenvalue weighted by atomic mass is 10.00. The molecular weight excluding hydrogens is 234 g/mol. The van der Waals surface area contributed by atoms with Crippen LogP contribution in [0.1, 0.15) is 35.3 Å². The first-order valence-corrected chi connectivity index (χ1v) is 6.25. The molecule has 3 heteroatoms. The third-order valence-corrected chi connectivity index (χ3v) is 4.03. The molecule has 0 aromatic heterocycles. The third kappa shape index (κ3) is 2.81. The molecule has 1 amide bonds. The number of halogens is 1. The largest absolute Gasteiger partial charge is 0.335 e. The van der Waals surface area contributed by atoms with Gasteiger partial charge >= 0.3 is 0 Å². The maximum atomic E-state index is 12.4. The Morgan fingerprint density at radius 2 is 1.94 bits per heavy atom. The van der Waals surface area contributed by atoms with Gasteiger partial charge < -0.3 is 4.90 Å². The predicted octanol–water partition coefficient (Wildman–Crippen LogP) is 3.39. The van der Waals surface area contributed by atoms with Crippen molar-refractivity contribution in [1.29, 1.82) is 0 Å². The van der Waals surface area contributed by atoms with Crippen LogP contribution in [-0.4, -0.2) is 29.3 Å². The minimum atomic E-state index is -0.338. The molecule has 1 aromatic carbocycles. The van der Waals surface area contributed by atoms with Crippen molar-refractivity contribution in [1.82, 2.24) is 4.90 Å². The lowest BCUT2D eigenvalue weighted by Crippen LogP contribution is -2.46. The van der Waals surface area contributed by atoms with Crippen molar-refractivity contribution < 1.29 is 4.79 Å². The van der Waals surface area contributed by atoms with Crippen LogP contribution in [0.5, 0.6) is 0 Å². The minimum Gasteiger partial charge on any atom is -0.335 e. The predicted molar refractivity (Wildman–Crippen MR) is 72.8 cm³/mol. The molecule has 0 N–H and O–H groups in total. The van der Waals surface area contributed by atoms with Gasteiger partial charge in [0.1, 0.15) is 0 Å². The molecule has 0 saturated carbocycles. The van der Waals surface area contributed by atoms with Crippen LogP contribution in [0, 0.1) is 13.8 Å². The smallest absolute Gasteiger partial charge is 0.254 e. The highest BCUT2D eigenvalue weighted by molar-refractivity contribution is 6.18. The average Bonchev–Trinajstić information content (AvgIpc) is 2.30. The van der Waals surface area contributed by atoms with Gasteiger partial charge in [-0.05, 0) is 44.9 Å². The number of benzene rings is 1. The summed E-state index contributed by atoms with van der Waals surface area (Å²) in [6, 6.07) is 5.79. The Bertz CT molecular complexity index is 426. The Kier molecular flexibility index (Phi) is 4.21. The van der Waals surface area contributed by atoms with Crippen LogP contribution in [0.25, 0.3) is 0 Å². The van der Waals surface area contributed by atoms with Gasteiger partial charge in [-0.3, -0.25) is 4.79 Å². The Hall–Kier alpha value is -1.02. The number of hydrogen-bond donors (Lipinski definition) is 0. The number of rotatable bonds is 3. The topological polar surface area (TPSA) is 20.3 Å². The van der Waals surface area contributed by atoms with E-state index in [0.29, 0.717) is 5.88 Å². The van der Waals surface area contributed by atoms with Gasteiger partial charge in [-0.25, -0.2) is 0 Å². The second kappa shape index (κ2) is 5.09.